The Morgan fingerprint density at radius 3 is 2.38 bits per heavy atom. The lowest BCUT2D eigenvalue weighted by Gasteiger charge is -2.32. The van der Waals surface area contributed by atoms with Crippen LogP contribution in [0.15, 0.2) is 30.3 Å². The normalized spacial score (nSPS) is 18.5. The largest absolute Gasteiger partial charge is 0.429 e. The molecule has 1 aromatic heterocycles. The van der Waals surface area contributed by atoms with Crippen molar-refractivity contribution in [1.29, 1.82) is 0 Å². The first-order valence-corrected chi connectivity index (χ1v) is 6.59. The predicted octanol–water partition coefficient (Wildman–Crippen LogP) is 3.13. The van der Waals surface area contributed by atoms with Crippen molar-refractivity contribution in [3.63, 3.8) is 0 Å². The molecule has 1 saturated carbocycles. The lowest BCUT2D eigenvalue weighted by molar-refractivity contribution is -0.261. The molecular formula is C14H14F3N3O. The summed E-state index contributed by atoms with van der Waals surface area (Å²) in [5, 5.41) is 6.39. The average Bonchev–Trinajstić information content (AvgIpc) is 3.19. The van der Waals surface area contributed by atoms with Crippen LogP contribution in [-0.2, 0) is 10.3 Å². The summed E-state index contributed by atoms with van der Waals surface area (Å²) in [5.74, 6) is 0.280. The number of methoxy groups -OCH3 is 1. The Hall–Kier alpha value is -1.89. The SMILES string of the molecule is CO[C@](c1ccccc1)(c1n[nH]c(C2CC2)n1)C(F)(F)F. The van der Waals surface area contributed by atoms with Crippen molar-refractivity contribution in [3.05, 3.63) is 47.5 Å². The second kappa shape index (κ2) is 4.84. The van der Waals surface area contributed by atoms with Crippen LogP contribution < -0.4 is 0 Å². The molecule has 1 aromatic carbocycles. The maximum Gasteiger partial charge on any atom is 0.429 e. The number of H-pyrrole nitrogens is 1. The monoisotopic (exact) mass is 297 g/mol. The Balaban J connectivity index is 2.14. The number of halogens is 3. The lowest BCUT2D eigenvalue weighted by Crippen LogP contribution is -2.46. The number of aromatic amines is 1. The van der Waals surface area contributed by atoms with Gasteiger partial charge in [-0.1, -0.05) is 30.3 Å². The zero-order chi connectivity index (χ0) is 15.1. The van der Waals surface area contributed by atoms with Crippen LogP contribution in [0.2, 0.25) is 0 Å². The molecule has 1 aliphatic rings. The minimum Gasteiger partial charge on any atom is -0.358 e. The third-order valence-corrected chi connectivity index (χ3v) is 3.67. The van der Waals surface area contributed by atoms with Crippen molar-refractivity contribution >= 4 is 0 Å². The first-order valence-electron chi connectivity index (χ1n) is 6.59. The van der Waals surface area contributed by atoms with E-state index < -0.39 is 17.6 Å². The summed E-state index contributed by atoms with van der Waals surface area (Å²) in [7, 11) is 1.02. The molecule has 3 rings (SSSR count). The number of alkyl halides is 3. The zero-order valence-electron chi connectivity index (χ0n) is 11.3. The van der Waals surface area contributed by atoms with Crippen LogP contribution in [0.25, 0.3) is 0 Å². The van der Waals surface area contributed by atoms with E-state index in [9.17, 15) is 13.2 Å². The highest BCUT2D eigenvalue weighted by atomic mass is 19.4. The van der Waals surface area contributed by atoms with E-state index in [1.54, 1.807) is 6.07 Å². The molecule has 0 spiro atoms. The Morgan fingerprint density at radius 1 is 1.19 bits per heavy atom. The van der Waals surface area contributed by atoms with Gasteiger partial charge in [-0.3, -0.25) is 5.10 Å². The summed E-state index contributed by atoms with van der Waals surface area (Å²) in [6, 6.07) is 7.44. The maximum absolute atomic E-state index is 13.8. The summed E-state index contributed by atoms with van der Waals surface area (Å²) in [6.45, 7) is 0. The number of aromatic nitrogens is 3. The van der Waals surface area contributed by atoms with E-state index in [-0.39, 0.29) is 11.5 Å². The van der Waals surface area contributed by atoms with Crippen molar-refractivity contribution in [3.8, 4) is 0 Å². The minimum absolute atomic E-state index is 0.0404. The molecule has 1 aliphatic carbocycles. The molecule has 4 nitrogen and oxygen atoms in total. The summed E-state index contributed by atoms with van der Waals surface area (Å²) < 4.78 is 46.2. The topological polar surface area (TPSA) is 50.8 Å². The first kappa shape index (κ1) is 14.1. The van der Waals surface area contributed by atoms with Crippen LogP contribution in [0.4, 0.5) is 13.2 Å². The first-order chi connectivity index (χ1) is 9.99. The third kappa shape index (κ3) is 2.21. The van der Waals surface area contributed by atoms with Gasteiger partial charge in [0.1, 0.15) is 5.82 Å². The second-order valence-corrected chi connectivity index (χ2v) is 5.07. The van der Waals surface area contributed by atoms with E-state index in [0.717, 1.165) is 20.0 Å². The molecule has 0 radical (unpaired) electrons. The van der Waals surface area contributed by atoms with Crippen LogP contribution in [0, 0.1) is 0 Å². The van der Waals surface area contributed by atoms with Crippen molar-refractivity contribution in [2.45, 2.75) is 30.5 Å². The molecule has 2 aromatic rings. The number of hydrogen-bond acceptors (Lipinski definition) is 3. The van der Waals surface area contributed by atoms with Gasteiger partial charge in [-0.05, 0) is 12.8 Å². The van der Waals surface area contributed by atoms with E-state index in [0.29, 0.717) is 5.82 Å². The highest BCUT2D eigenvalue weighted by Gasteiger charge is 2.61. The zero-order valence-corrected chi connectivity index (χ0v) is 11.3. The number of nitrogens with zero attached hydrogens (tertiary/aromatic N) is 2. The van der Waals surface area contributed by atoms with Crippen molar-refractivity contribution in [2.24, 2.45) is 0 Å². The molecule has 0 amide bonds. The van der Waals surface area contributed by atoms with E-state index in [2.05, 4.69) is 15.2 Å². The molecule has 7 heteroatoms. The van der Waals surface area contributed by atoms with Gasteiger partial charge in [0, 0.05) is 18.6 Å². The molecule has 1 fully saturated rings. The van der Waals surface area contributed by atoms with Crippen LogP contribution >= 0.6 is 0 Å². The highest BCUT2D eigenvalue weighted by Crippen LogP contribution is 2.46. The van der Waals surface area contributed by atoms with Gasteiger partial charge in [0.2, 0.25) is 5.60 Å². The Kier molecular flexibility index (Phi) is 3.24. The van der Waals surface area contributed by atoms with E-state index >= 15 is 0 Å². The molecule has 0 bridgehead atoms. The number of rotatable bonds is 4. The number of ether oxygens (including phenoxy) is 1. The number of hydrogen-bond donors (Lipinski definition) is 1. The molecule has 1 heterocycles. The smallest absolute Gasteiger partial charge is 0.358 e. The van der Waals surface area contributed by atoms with E-state index in [1.807, 2.05) is 0 Å². The van der Waals surface area contributed by atoms with Gasteiger partial charge in [0.15, 0.2) is 5.82 Å². The van der Waals surface area contributed by atoms with Crippen LogP contribution in [0.1, 0.15) is 36.0 Å². The highest BCUT2D eigenvalue weighted by molar-refractivity contribution is 5.32. The molecule has 0 aliphatic heterocycles. The van der Waals surface area contributed by atoms with Gasteiger partial charge in [0.05, 0.1) is 0 Å². The Morgan fingerprint density at radius 2 is 1.86 bits per heavy atom. The predicted molar refractivity (Wildman–Crippen MR) is 68.6 cm³/mol. The van der Waals surface area contributed by atoms with Gasteiger partial charge >= 0.3 is 6.18 Å². The van der Waals surface area contributed by atoms with E-state index in [4.69, 9.17) is 4.74 Å². The fourth-order valence-electron chi connectivity index (χ4n) is 2.39. The van der Waals surface area contributed by atoms with Crippen LogP contribution in [0.3, 0.4) is 0 Å². The van der Waals surface area contributed by atoms with Crippen LogP contribution in [0.5, 0.6) is 0 Å². The van der Waals surface area contributed by atoms with E-state index in [1.165, 1.54) is 24.3 Å². The lowest BCUT2D eigenvalue weighted by atomic mass is 9.92. The van der Waals surface area contributed by atoms with Crippen LogP contribution in [-0.4, -0.2) is 28.5 Å². The summed E-state index contributed by atoms with van der Waals surface area (Å²) >= 11 is 0. The quantitative estimate of drug-likeness (QED) is 0.943. The summed E-state index contributed by atoms with van der Waals surface area (Å²) in [5.41, 5.74) is -2.70. The Labute approximate surface area is 119 Å². The summed E-state index contributed by atoms with van der Waals surface area (Å²) in [6.07, 6.45) is -2.83. The molecule has 0 unspecified atom stereocenters. The molecule has 112 valence electrons. The fourth-order valence-corrected chi connectivity index (χ4v) is 2.39. The number of benzene rings is 1. The van der Waals surface area contributed by atoms with Crippen molar-refractivity contribution < 1.29 is 17.9 Å². The van der Waals surface area contributed by atoms with Gasteiger partial charge in [-0.25, -0.2) is 4.98 Å². The molecular weight excluding hydrogens is 283 g/mol. The van der Waals surface area contributed by atoms with Gasteiger partial charge < -0.3 is 4.74 Å². The molecule has 0 saturated heterocycles. The fraction of sp³-hybridized carbons (Fsp3) is 0.429. The minimum atomic E-state index is -4.67. The third-order valence-electron chi connectivity index (χ3n) is 3.67. The summed E-state index contributed by atoms with van der Waals surface area (Å²) in [4.78, 5) is 4.05. The van der Waals surface area contributed by atoms with Crippen molar-refractivity contribution in [2.75, 3.05) is 7.11 Å². The molecule has 1 atom stereocenters. The van der Waals surface area contributed by atoms with Gasteiger partial charge in [0.25, 0.3) is 0 Å². The number of nitrogens with one attached hydrogen (secondary N) is 1. The van der Waals surface area contributed by atoms with Gasteiger partial charge in [-0.15, -0.1) is 0 Å². The molecule has 1 N–H and O–H groups in total. The van der Waals surface area contributed by atoms with Crippen molar-refractivity contribution in [1.82, 2.24) is 15.2 Å². The standard InChI is InChI=1S/C14H14F3N3O/c1-21-13(14(15,16)17,10-5-3-2-4-6-10)12-18-11(19-20-12)9-7-8-9/h2-6,9H,7-8H2,1H3,(H,18,19,20)/t13-/m1/s1. The Bertz CT molecular complexity index is 622. The average molecular weight is 297 g/mol. The second-order valence-electron chi connectivity index (χ2n) is 5.07. The van der Waals surface area contributed by atoms with Gasteiger partial charge in [-0.2, -0.15) is 18.3 Å². The maximum atomic E-state index is 13.8. The molecule has 21 heavy (non-hydrogen) atoms.